The normalized spacial score (nSPS) is 21.0. The van der Waals surface area contributed by atoms with E-state index < -0.39 is 0 Å². The van der Waals surface area contributed by atoms with E-state index in [4.69, 9.17) is 9.26 Å². The SMILES string of the molecule is C[C@@H]1CN(CCCCCNC(=O)c2cc(-c3cccs3)on2)C[C@H](C)O1. The van der Waals surface area contributed by atoms with Crippen molar-refractivity contribution >= 4 is 17.2 Å². The predicted octanol–water partition coefficient (Wildman–Crippen LogP) is 3.41. The molecule has 26 heavy (non-hydrogen) atoms. The van der Waals surface area contributed by atoms with E-state index in [1.807, 2.05) is 17.5 Å². The lowest BCUT2D eigenvalue weighted by molar-refractivity contribution is -0.0681. The molecule has 0 spiro atoms. The second kappa shape index (κ2) is 9.30. The van der Waals surface area contributed by atoms with E-state index in [1.165, 1.54) is 0 Å². The average molecular weight is 378 g/mol. The van der Waals surface area contributed by atoms with Crippen molar-refractivity contribution in [3.05, 3.63) is 29.3 Å². The van der Waals surface area contributed by atoms with Crippen molar-refractivity contribution in [3.63, 3.8) is 0 Å². The first kappa shape index (κ1) is 19.1. The summed E-state index contributed by atoms with van der Waals surface area (Å²) in [6.45, 7) is 8.05. The molecule has 0 radical (unpaired) electrons. The van der Waals surface area contributed by atoms with Crippen LogP contribution in [0, 0.1) is 0 Å². The Hall–Kier alpha value is -1.70. The fraction of sp³-hybridized carbons (Fsp3) is 0.579. The third-order valence-corrected chi connectivity index (χ3v) is 5.32. The van der Waals surface area contributed by atoms with Crippen LogP contribution in [0.3, 0.4) is 0 Å². The van der Waals surface area contributed by atoms with Gasteiger partial charge in [-0.2, -0.15) is 0 Å². The van der Waals surface area contributed by atoms with Gasteiger partial charge in [0.25, 0.3) is 5.91 Å². The second-order valence-electron chi connectivity index (χ2n) is 6.89. The molecule has 0 aliphatic carbocycles. The fourth-order valence-corrected chi connectivity index (χ4v) is 3.99. The van der Waals surface area contributed by atoms with Crippen molar-refractivity contribution in [2.24, 2.45) is 0 Å². The maximum absolute atomic E-state index is 12.1. The van der Waals surface area contributed by atoms with E-state index in [1.54, 1.807) is 17.4 Å². The number of carbonyl (C=O) groups excluding carboxylic acids is 1. The minimum Gasteiger partial charge on any atom is -0.373 e. The van der Waals surface area contributed by atoms with Crippen LogP contribution in [0.2, 0.25) is 0 Å². The smallest absolute Gasteiger partial charge is 0.273 e. The molecular formula is C19H27N3O3S. The van der Waals surface area contributed by atoms with Crippen LogP contribution in [-0.4, -0.2) is 54.4 Å². The highest BCUT2D eigenvalue weighted by Crippen LogP contribution is 2.25. The number of unbranched alkanes of at least 4 members (excludes halogenated alkanes) is 2. The number of amides is 1. The molecule has 1 aliphatic heterocycles. The van der Waals surface area contributed by atoms with Crippen LogP contribution in [0.4, 0.5) is 0 Å². The van der Waals surface area contributed by atoms with Crippen LogP contribution in [-0.2, 0) is 4.74 Å². The Morgan fingerprint density at radius 1 is 1.31 bits per heavy atom. The minimum atomic E-state index is -0.174. The summed E-state index contributed by atoms with van der Waals surface area (Å²) in [4.78, 5) is 15.6. The molecular weight excluding hydrogens is 350 g/mol. The topological polar surface area (TPSA) is 67.6 Å². The number of rotatable bonds is 8. The van der Waals surface area contributed by atoms with Gasteiger partial charge in [-0.25, -0.2) is 0 Å². The molecule has 1 fully saturated rings. The first-order valence-corrected chi connectivity index (χ1v) is 10.2. The molecule has 1 N–H and O–H groups in total. The van der Waals surface area contributed by atoms with E-state index in [9.17, 15) is 4.79 Å². The number of hydrogen-bond donors (Lipinski definition) is 1. The molecule has 2 atom stereocenters. The zero-order valence-electron chi connectivity index (χ0n) is 15.4. The van der Waals surface area contributed by atoms with Crippen LogP contribution < -0.4 is 5.32 Å². The minimum absolute atomic E-state index is 0.174. The summed E-state index contributed by atoms with van der Waals surface area (Å²) >= 11 is 1.56. The Morgan fingerprint density at radius 2 is 2.12 bits per heavy atom. The molecule has 142 valence electrons. The lowest BCUT2D eigenvalue weighted by Gasteiger charge is -2.35. The van der Waals surface area contributed by atoms with E-state index in [0.29, 0.717) is 30.2 Å². The molecule has 0 unspecified atom stereocenters. The summed E-state index contributed by atoms with van der Waals surface area (Å²) < 4.78 is 11.0. The molecule has 2 aromatic heterocycles. The lowest BCUT2D eigenvalue weighted by Crippen LogP contribution is -2.45. The van der Waals surface area contributed by atoms with Gasteiger partial charge in [0.15, 0.2) is 11.5 Å². The van der Waals surface area contributed by atoms with E-state index >= 15 is 0 Å². The van der Waals surface area contributed by atoms with Gasteiger partial charge < -0.3 is 14.6 Å². The Labute approximate surface area is 158 Å². The van der Waals surface area contributed by atoms with Crippen LogP contribution >= 0.6 is 11.3 Å². The highest BCUT2D eigenvalue weighted by Gasteiger charge is 2.21. The molecule has 0 bridgehead atoms. The Kier molecular flexibility index (Phi) is 6.82. The second-order valence-corrected chi connectivity index (χ2v) is 7.83. The van der Waals surface area contributed by atoms with Crippen molar-refractivity contribution in [1.29, 1.82) is 0 Å². The molecule has 1 aliphatic rings. The van der Waals surface area contributed by atoms with Gasteiger partial charge in [0, 0.05) is 25.7 Å². The number of nitrogens with one attached hydrogen (secondary N) is 1. The quantitative estimate of drug-likeness (QED) is 0.714. The molecule has 3 rings (SSSR count). The molecule has 6 nitrogen and oxygen atoms in total. The van der Waals surface area contributed by atoms with Crippen molar-refractivity contribution in [2.45, 2.75) is 45.3 Å². The molecule has 3 heterocycles. The number of carbonyl (C=O) groups is 1. The van der Waals surface area contributed by atoms with Crippen LogP contribution in [0.1, 0.15) is 43.6 Å². The van der Waals surface area contributed by atoms with E-state index in [-0.39, 0.29) is 5.91 Å². The summed E-state index contributed by atoms with van der Waals surface area (Å²) in [5.41, 5.74) is 0.338. The number of aromatic nitrogens is 1. The predicted molar refractivity (Wildman–Crippen MR) is 102 cm³/mol. The zero-order chi connectivity index (χ0) is 18.4. The first-order chi connectivity index (χ1) is 12.6. The Bertz CT molecular complexity index is 676. The van der Waals surface area contributed by atoms with Gasteiger partial charge in [-0.1, -0.05) is 17.6 Å². The third kappa shape index (κ3) is 5.40. The Morgan fingerprint density at radius 3 is 2.85 bits per heavy atom. The monoisotopic (exact) mass is 377 g/mol. The van der Waals surface area contributed by atoms with Crippen molar-refractivity contribution in [3.8, 4) is 10.6 Å². The summed E-state index contributed by atoms with van der Waals surface area (Å²) in [6, 6.07) is 5.59. The number of morpholine rings is 1. The van der Waals surface area contributed by atoms with Crippen LogP contribution in [0.25, 0.3) is 10.6 Å². The number of thiophene rings is 1. The molecule has 1 amide bonds. The molecule has 0 aromatic carbocycles. The van der Waals surface area contributed by atoms with Gasteiger partial charge in [0.2, 0.25) is 0 Å². The molecule has 7 heteroatoms. The highest BCUT2D eigenvalue weighted by molar-refractivity contribution is 7.13. The zero-order valence-corrected chi connectivity index (χ0v) is 16.3. The van der Waals surface area contributed by atoms with Gasteiger partial charge in [-0.3, -0.25) is 9.69 Å². The van der Waals surface area contributed by atoms with Crippen LogP contribution in [0.5, 0.6) is 0 Å². The first-order valence-electron chi connectivity index (χ1n) is 9.28. The van der Waals surface area contributed by atoms with Crippen molar-refractivity contribution < 1.29 is 14.1 Å². The fourth-order valence-electron chi connectivity index (χ4n) is 3.31. The summed E-state index contributed by atoms with van der Waals surface area (Å²) in [6.07, 6.45) is 3.84. The van der Waals surface area contributed by atoms with Gasteiger partial charge in [0.05, 0.1) is 17.1 Å². The largest absolute Gasteiger partial charge is 0.373 e. The van der Waals surface area contributed by atoms with Crippen molar-refractivity contribution in [2.75, 3.05) is 26.2 Å². The molecule has 0 saturated carbocycles. The molecule has 1 saturated heterocycles. The van der Waals surface area contributed by atoms with Crippen LogP contribution in [0.15, 0.2) is 28.1 Å². The van der Waals surface area contributed by atoms with Gasteiger partial charge in [-0.05, 0) is 44.7 Å². The lowest BCUT2D eigenvalue weighted by atomic mass is 10.2. The summed E-state index contributed by atoms with van der Waals surface area (Å²) in [5, 5.41) is 8.75. The highest BCUT2D eigenvalue weighted by atomic mass is 32.1. The number of ether oxygens (including phenoxy) is 1. The summed E-state index contributed by atoms with van der Waals surface area (Å²) in [7, 11) is 0. The standard InChI is InChI=1S/C19H27N3O3S/c1-14-12-22(13-15(2)24-14)9-5-3-4-8-20-19(23)16-11-17(25-21-16)18-7-6-10-26-18/h6-7,10-11,14-15H,3-5,8-9,12-13H2,1-2H3,(H,20,23)/t14-,15+. The Balaban J connectivity index is 1.31. The van der Waals surface area contributed by atoms with E-state index in [0.717, 1.165) is 43.8 Å². The maximum atomic E-state index is 12.1. The van der Waals surface area contributed by atoms with Gasteiger partial charge >= 0.3 is 0 Å². The number of nitrogens with zero attached hydrogens (tertiary/aromatic N) is 2. The average Bonchev–Trinajstić information content (AvgIpc) is 3.27. The number of hydrogen-bond acceptors (Lipinski definition) is 6. The summed E-state index contributed by atoms with van der Waals surface area (Å²) in [5.74, 6) is 0.464. The maximum Gasteiger partial charge on any atom is 0.273 e. The third-order valence-electron chi connectivity index (χ3n) is 4.44. The van der Waals surface area contributed by atoms with Crippen molar-refractivity contribution in [1.82, 2.24) is 15.4 Å². The van der Waals surface area contributed by atoms with Gasteiger partial charge in [0.1, 0.15) is 0 Å². The van der Waals surface area contributed by atoms with E-state index in [2.05, 4.69) is 29.2 Å². The van der Waals surface area contributed by atoms with Gasteiger partial charge in [-0.15, -0.1) is 11.3 Å². The molecule has 2 aromatic rings.